The van der Waals surface area contributed by atoms with Crippen molar-refractivity contribution in [2.24, 2.45) is 0 Å². The van der Waals surface area contributed by atoms with E-state index in [1.807, 2.05) is 6.07 Å². The monoisotopic (exact) mass is 208 g/mol. The van der Waals surface area contributed by atoms with Crippen molar-refractivity contribution in [3.8, 4) is 11.6 Å². The molecular formula is C11H16N2O2. The second kappa shape index (κ2) is 4.49. The van der Waals surface area contributed by atoms with E-state index in [1.165, 1.54) is 5.56 Å². The number of aromatic nitrogens is 1. The van der Waals surface area contributed by atoms with E-state index < -0.39 is 0 Å². The highest BCUT2D eigenvalue weighted by Gasteiger charge is 2.21. The SMILES string of the molecule is COc1cc(C2CCNC2)c(OC)cn1. The van der Waals surface area contributed by atoms with Gasteiger partial charge in [-0.3, -0.25) is 0 Å². The van der Waals surface area contributed by atoms with Gasteiger partial charge >= 0.3 is 0 Å². The molecule has 1 aromatic rings. The first-order valence-electron chi connectivity index (χ1n) is 5.13. The van der Waals surface area contributed by atoms with Crippen LogP contribution in [0.25, 0.3) is 0 Å². The fourth-order valence-corrected chi connectivity index (χ4v) is 1.96. The highest BCUT2D eigenvalue weighted by Crippen LogP contribution is 2.32. The summed E-state index contributed by atoms with van der Waals surface area (Å²) >= 11 is 0. The number of pyridine rings is 1. The first-order valence-corrected chi connectivity index (χ1v) is 5.13. The third-order valence-corrected chi connectivity index (χ3v) is 2.80. The van der Waals surface area contributed by atoms with Gasteiger partial charge in [-0.05, 0) is 13.0 Å². The van der Waals surface area contributed by atoms with Crippen molar-refractivity contribution in [3.05, 3.63) is 17.8 Å². The Morgan fingerprint density at radius 2 is 2.27 bits per heavy atom. The second-order valence-corrected chi connectivity index (χ2v) is 3.66. The normalized spacial score (nSPS) is 20.3. The van der Waals surface area contributed by atoms with Crippen LogP contribution in [0.4, 0.5) is 0 Å². The first kappa shape index (κ1) is 10.2. The minimum absolute atomic E-state index is 0.511. The molecule has 82 valence electrons. The Morgan fingerprint density at radius 1 is 1.40 bits per heavy atom. The topological polar surface area (TPSA) is 43.4 Å². The quantitative estimate of drug-likeness (QED) is 0.810. The minimum atomic E-state index is 0.511. The largest absolute Gasteiger partial charge is 0.495 e. The summed E-state index contributed by atoms with van der Waals surface area (Å²) in [5.74, 6) is 2.01. The average molecular weight is 208 g/mol. The summed E-state index contributed by atoms with van der Waals surface area (Å²) in [5.41, 5.74) is 1.19. The molecule has 1 aliphatic heterocycles. The van der Waals surface area contributed by atoms with Crippen LogP contribution >= 0.6 is 0 Å². The lowest BCUT2D eigenvalue weighted by Crippen LogP contribution is -2.09. The van der Waals surface area contributed by atoms with Gasteiger partial charge in [0.25, 0.3) is 0 Å². The average Bonchev–Trinajstić information content (AvgIpc) is 2.81. The fraction of sp³-hybridized carbons (Fsp3) is 0.545. The van der Waals surface area contributed by atoms with Crippen molar-refractivity contribution >= 4 is 0 Å². The van der Waals surface area contributed by atoms with Gasteiger partial charge in [0.05, 0.1) is 20.4 Å². The number of hydrogen-bond acceptors (Lipinski definition) is 4. The van der Waals surface area contributed by atoms with Crippen LogP contribution in [0.15, 0.2) is 12.3 Å². The number of ether oxygens (including phenoxy) is 2. The van der Waals surface area contributed by atoms with Crippen molar-refractivity contribution in [3.63, 3.8) is 0 Å². The van der Waals surface area contributed by atoms with E-state index in [-0.39, 0.29) is 0 Å². The lowest BCUT2D eigenvalue weighted by molar-refractivity contribution is 0.382. The van der Waals surface area contributed by atoms with Gasteiger partial charge in [0.2, 0.25) is 5.88 Å². The second-order valence-electron chi connectivity index (χ2n) is 3.66. The molecule has 4 heteroatoms. The van der Waals surface area contributed by atoms with Crippen LogP contribution in [0.3, 0.4) is 0 Å². The van der Waals surface area contributed by atoms with Crippen molar-refractivity contribution in [2.75, 3.05) is 27.3 Å². The summed E-state index contributed by atoms with van der Waals surface area (Å²) in [6.45, 7) is 2.07. The predicted octanol–water partition coefficient (Wildman–Crippen LogP) is 1.18. The Hall–Kier alpha value is -1.29. The maximum Gasteiger partial charge on any atom is 0.213 e. The van der Waals surface area contributed by atoms with Crippen LogP contribution in [-0.4, -0.2) is 32.3 Å². The lowest BCUT2D eigenvalue weighted by Gasteiger charge is -2.14. The van der Waals surface area contributed by atoms with Gasteiger partial charge < -0.3 is 14.8 Å². The molecule has 2 heterocycles. The molecule has 0 spiro atoms. The molecule has 1 aromatic heterocycles. The molecule has 1 N–H and O–H groups in total. The van der Waals surface area contributed by atoms with Crippen molar-refractivity contribution < 1.29 is 9.47 Å². The molecule has 2 rings (SSSR count). The first-order chi connectivity index (χ1) is 7.35. The van der Waals surface area contributed by atoms with E-state index in [4.69, 9.17) is 9.47 Å². The van der Waals surface area contributed by atoms with Crippen LogP contribution < -0.4 is 14.8 Å². The summed E-state index contributed by atoms with van der Waals surface area (Å²) in [6, 6.07) is 1.97. The fourth-order valence-electron chi connectivity index (χ4n) is 1.96. The van der Waals surface area contributed by atoms with E-state index in [1.54, 1.807) is 20.4 Å². The summed E-state index contributed by atoms with van der Waals surface area (Å²) in [4.78, 5) is 4.13. The van der Waals surface area contributed by atoms with Gasteiger partial charge in [-0.25, -0.2) is 4.98 Å². The molecule has 1 saturated heterocycles. The van der Waals surface area contributed by atoms with Crippen LogP contribution in [0, 0.1) is 0 Å². The molecule has 0 bridgehead atoms. The van der Waals surface area contributed by atoms with E-state index in [0.29, 0.717) is 11.8 Å². The van der Waals surface area contributed by atoms with E-state index in [9.17, 15) is 0 Å². The molecule has 0 amide bonds. The van der Waals surface area contributed by atoms with Crippen LogP contribution in [0.1, 0.15) is 17.9 Å². The number of rotatable bonds is 3. The number of nitrogens with zero attached hydrogens (tertiary/aromatic N) is 1. The highest BCUT2D eigenvalue weighted by molar-refractivity contribution is 5.38. The lowest BCUT2D eigenvalue weighted by atomic mass is 9.99. The Labute approximate surface area is 89.6 Å². The van der Waals surface area contributed by atoms with E-state index in [0.717, 1.165) is 25.3 Å². The summed E-state index contributed by atoms with van der Waals surface area (Å²) in [5, 5.41) is 3.34. The molecular weight excluding hydrogens is 192 g/mol. The number of methoxy groups -OCH3 is 2. The van der Waals surface area contributed by atoms with Crippen molar-refractivity contribution in [1.29, 1.82) is 0 Å². The van der Waals surface area contributed by atoms with Crippen LogP contribution in [0.5, 0.6) is 11.6 Å². The predicted molar refractivity (Wildman–Crippen MR) is 57.6 cm³/mol. The highest BCUT2D eigenvalue weighted by atomic mass is 16.5. The Morgan fingerprint density at radius 3 is 2.87 bits per heavy atom. The summed E-state index contributed by atoms with van der Waals surface area (Å²) in [6.07, 6.45) is 2.87. The molecule has 0 radical (unpaired) electrons. The molecule has 0 aliphatic carbocycles. The molecule has 1 unspecified atom stereocenters. The molecule has 1 atom stereocenters. The zero-order valence-electron chi connectivity index (χ0n) is 9.12. The van der Waals surface area contributed by atoms with Gasteiger partial charge in [-0.15, -0.1) is 0 Å². The minimum Gasteiger partial charge on any atom is -0.495 e. The van der Waals surface area contributed by atoms with Gasteiger partial charge in [-0.1, -0.05) is 0 Å². The standard InChI is InChI=1S/C11H16N2O2/c1-14-10-7-13-11(15-2)5-9(10)8-3-4-12-6-8/h5,7-8,12H,3-4,6H2,1-2H3. The molecule has 15 heavy (non-hydrogen) atoms. The Kier molecular flexibility index (Phi) is 3.06. The number of nitrogens with one attached hydrogen (secondary N) is 1. The third-order valence-electron chi connectivity index (χ3n) is 2.80. The van der Waals surface area contributed by atoms with Gasteiger partial charge in [0, 0.05) is 24.1 Å². The molecule has 4 nitrogen and oxygen atoms in total. The van der Waals surface area contributed by atoms with Gasteiger partial charge in [-0.2, -0.15) is 0 Å². The van der Waals surface area contributed by atoms with Crippen LogP contribution in [-0.2, 0) is 0 Å². The molecule has 1 fully saturated rings. The van der Waals surface area contributed by atoms with Crippen molar-refractivity contribution in [1.82, 2.24) is 10.3 Å². The van der Waals surface area contributed by atoms with Crippen LogP contribution in [0.2, 0.25) is 0 Å². The van der Waals surface area contributed by atoms with Crippen molar-refractivity contribution in [2.45, 2.75) is 12.3 Å². The molecule has 0 saturated carbocycles. The maximum absolute atomic E-state index is 5.31. The molecule has 0 aromatic carbocycles. The summed E-state index contributed by atoms with van der Waals surface area (Å²) in [7, 11) is 3.31. The van der Waals surface area contributed by atoms with E-state index >= 15 is 0 Å². The zero-order chi connectivity index (χ0) is 10.7. The zero-order valence-corrected chi connectivity index (χ0v) is 9.12. The van der Waals surface area contributed by atoms with Gasteiger partial charge in [0.1, 0.15) is 5.75 Å². The summed E-state index contributed by atoms with van der Waals surface area (Å²) < 4.78 is 10.4. The smallest absolute Gasteiger partial charge is 0.213 e. The van der Waals surface area contributed by atoms with E-state index in [2.05, 4.69) is 10.3 Å². The van der Waals surface area contributed by atoms with Gasteiger partial charge in [0.15, 0.2) is 0 Å². The Bertz CT molecular complexity index is 335. The third kappa shape index (κ3) is 2.04. The number of hydrogen-bond donors (Lipinski definition) is 1. The maximum atomic E-state index is 5.31. The molecule has 1 aliphatic rings. The Balaban J connectivity index is 2.32.